The molecule has 2 rings (SSSR count). The highest BCUT2D eigenvalue weighted by Gasteiger charge is 2.22. The van der Waals surface area contributed by atoms with Crippen LogP contribution in [0.5, 0.6) is 0 Å². The zero-order valence-corrected chi connectivity index (χ0v) is 12.8. The second-order valence-electron chi connectivity index (χ2n) is 4.54. The Balaban J connectivity index is 2.14. The standard InChI is InChI=1S/C15H12Cl2N2O3/c16-11-2-1-10(12(17)8-11)7-13(15(21)22)19-14(20)9-3-5-18-6-4-9/h1-6,8,13H,7H2,(H,19,20)(H,21,22)/t13-/m0/s1. The molecule has 0 bridgehead atoms. The van der Waals surface area contributed by atoms with Gasteiger partial charge in [-0.3, -0.25) is 9.78 Å². The molecule has 0 spiro atoms. The van der Waals surface area contributed by atoms with Crippen LogP contribution < -0.4 is 5.32 Å². The lowest BCUT2D eigenvalue weighted by Gasteiger charge is -2.15. The number of carbonyl (C=O) groups is 2. The van der Waals surface area contributed by atoms with Crippen molar-refractivity contribution in [2.24, 2.45) is 0 Å². The first-order valence-corrected chi connectivity index (χ1v) is 7.10. The van der Waals surface area contributed by atoms with Crippen LogP contribution in [0.15, 0.2) is 42.7 Å². The minimum Gasteiger partial charge on any atom is -0.480 e. The summed E-state index contributed by atoms with van der Waals surface area (Å²) < 4.78 is 0. The van der Waals surface area contributed by atoms with Gasteiger partial charge >= 0.3 is 5.97 Å². The molecule has 0 radical (unpaired) electrons. The van der Waals surface area contributed by atoms with E-state index >= 15 is 0 Å². The van der Waals surface area contributed by atoms with Gasteiger partial charge in [-0.25, -0.2) is 4.79 Å². The molecule has 0 aliphatic rings. The van der Waals surface area contributed by atoms with Crippen molar-refractivity contribution >= 4 is 35.1 Å². The Labute approximate surface area is 136 Å². The van der Waals surface area contributed by atoms with Crippen molar-refractivity contribution < 1.29 is 14.7 Å². The molecule has 2 N–H and O–H groups in total. The van der Waals surface area contributed by atoms with E-state index in [-0.39, 0.29) is 6.42 Å². The second kappa shape index (κ2) is 7.24. The number of benzene rings is 1. The smallest absolute Gasteiger partial charge is 0.326 e. The molecule has 1 amide bonds. The molecule has 1 atom stereocenters. The third-order valence-electron chi connectivity index (χ3n) is 2.99. The van der Waals surface area contributed by atoms with Gasteiger partial charge < -0.3 is 10.4 Å². The van der Waals surface area contributed by atoms with E-state index in [1.807, 2.05) is 0 Å². The number of hydrogen-bond donors (Lipinski definition) is 2. The fourth-order valence-corrected chi connectivity index (χ4v) is 2.34. The fourth-order valence-electron chi connectivity index (χ4n) is 1.85. The number of carboxylic acid groups (broad SMARTS) is 1. The Bertz CT molecular complexity index is 692. The summed E-state index contributed by atoms with van der Waals surface area (Å²) in [6.07, 6.45) is 2.98. The summed E-state index contributed by atoms with van der Waals surface area (Å²) in [5, 5.41) is 12.6. The van der Waals surface area contributed by atoms with E-state index in [1.165, 1.54) is 30.6 Å². The van der Waals surface area contributed by atoms with Crippen LogP contribution in [0.25, 0.3) is 0 Å². The number of aliphatic carboxylic acids is 1. The number of nitrogens with one attached hydrogen (secondary N) is 1. The quantitative estimate of drug-likeness (QED) is 0.878. The highest BCUT2D eigenvalue weighted by Crippen LogP contribution is 2.22. The molecule has 114 valence electrons. The summed E-state index contributed by atoms with van der Waals surface area (Å²) in [5.41, 5.74) is 0.928. The highest BCUT2D eigenvalue weighted by atomic mass is 35.5. The maximum Gasteiger partial charge on any atom is 0.326 e. The minimum absolute atomic E-state index is 0.0577. The van der Waals surface area contributed by atoms with Crippen LogP contribution >= 0.6 is 23.2 Å². The van der Waals surface area contributed by atoms with Crippen LogP contribution in [0, 0.1) is 0 Å². The first-order chi connectivity index (χ1) is 10.5. The van der Waals surface area contributed by atoms with Gasteiger partial charge in [-0.1, -0.05) is 29.3 Å². The molecule has 22 heavy (non-hydrogen) atoms. The molecule has 0 saturated heterocycles. The Kier molecular flexibility index (Phi) is 5.35. The molecular weight excluding hydrogens is 327 g/mol. The van der Waals surface area contributed by atoms with E-state index < -0.39 is 17.9 Å². The van der Waals surface area contributed by atoms with E-state index in [1.54, 1.807) is 12.1 Å². The van der Waals surface area contributed by atoms with Crippen molar-refractivity contribution in [1.82, 2.24) is 10.3 Å². The van der Waals surface area contributed by atoms with Crippen molar-refractivity contribution in [2.75, 3.05) is 0 Å². The van der Waals surface area contributed by atoms with E-state index in [0.717, 1.165) is 0 Å². The topological polar surface area (TPSA) is 79.3 Å². The lowest BCUT2D eigenvalue weighted by molar-refractivity contribution is -0.139. The van der Waals surface area contributed by atoms with Crippen molar-refractivity contribution in [2.45, 2.75) is 12.5 Å². The van der Waals surface area contributed by atoms with Crippen LogP contribution in [0.2, 0.25) is 10.0 Å². The number of carboxylic acids is 1. The lowest BCUT2D eigenvalue weighted by Crippen LogP contribution is -2.42. The normalized spacial score (nSPS) is 11.7. The summed E-state index contributed by atoms with van der Waals surface area (Å²) in [7, 11) is 0. The first-order valence-electron chi connectivity index (χ1n) is 6.35. The number of carbonyl (C=O) groups excluding carboxylic acids is 1. The fraction of sp³-hybridized carbons (Fsp3) is 0.133. The maximum atomic E-state index is 12.0. The molecule has 0 saturated carbocycles. The number of nitrogens with zero attached hydrogens (tertiary/aromatic N) is 1. The molecule has 0 unspecified atom stereocenters. The first kappa shape index (κ1) is 16.3. The molecule has 0 aliphatic heterocycles. The molecule has 0 fully saturated rings. The lowest BCUT2D eigenvalue weighted by atomic mass is 10.1. The summed E-state index contributed by atoms with van der Waals surface area (Å²) in [4.78, 5) is 27.2. The van der Waals surface area contributed by atoms with Crippen LogP contribution in [-0.2, 0) is 11.2 Å². The second-order valence-corrected chi connectivity index (χ2v) is 5.38. The third kappa shape index (κ3) is 4.19. The summed E-state index contributed by atoms with van der Waals surface area (Å²) in [5.74, 6) is -1.63. The third-order valence-corrected chi connectivity index (χ3v) is 3.57. The van der Waals surface area contributed by atoms with Crippen molar-refractivity contribution in [3.8, 4) is 0 Å². The molecule has 2 aromatic rings. The van der Waals surface area contributed by atoms with Gasteiger partial charge in [0.15, 0.2) is 0 Å². The Morgan fingerprint density at radius 2 is 1.86 bits per heavy atom. The largest absolute Gasteiger partial charge is 0.480 e. The van der Waals surface area contributed by atoms with Gasteiger partial charge in [0.05, 0.1) is 0 Å². The van der Waals surface area contributed by atoms with Crippen LogP contribution in [0.3, 0.4) is 0 Å². The van der Waals surface area contributed by atoms with Gasteiger partial charge in [-0.05, 0) is 29.8 Å². The van der Waals surface area contributed by atoms with E-state index in [2.05, 4.69) is 10.3 Å². The Hall–Kier alpha value is -2.11. The maximum absolute atomic E-state index is 12.0. The Morgan fingerprint density at radius 1 is 1.18 bits per heavy atom. The predicted molar refractivity (Wildman–Crippen MR) is 83.3 cm³/mol. The predicted octanol–water partition coefficient (Wildman–Crippen LogP) is 2.81. The summed E-state index contributed by atoms with van der Waals surface area (Å²) in [6, 6.07) is 6.69. The van der Waals surface area contributed by atoms with E-state index in [9.17, 15) is 14.7 Å². The van der Waals surface area contributed by atoms with Gasteiger partial charge in [0.25, 0.3) is 5.91 Å². The molecule has 1 heterocycles. The minimum atomic E-state index is -1.14. The average Bonchev–Trinajstić information content (AvgIpc) is 2.49. The number of aromatic nitrogens is 1. The number of amides is 1. The number of halogens is 2. The van der Waals surface area contributed by atoms with Crippen LogP contribution in [0.1, 0.15) is 15.9 Å². The molecular formula is C15H12Cl2N2O3. The molecule has 0 aliphatic carbocycles. The molecule has 5 nitrogen and oxygen atoms in total. The van der Waals surface area contributed by atoms with E-state index in [0.29, 0.717) is 21.2 Å². The summed E-state index contributed by atoms with van der Waals surface area (Å²) >= 11 is 11.8. The van der Waals surface area contributed by atoms with Gasteiger partial charge in [-0.2, -0.15) is 0 Å². The summed E-state index contributed by atoms with van der Waals surface area (Å²) in [6.45, 7) is 0. The number of rotatable bonds is 5. The zero-order chi connectivity index (χ0) is 16.1. The van der Waals surface area contributed by atoms with Crippen molar-refractivity contribution in [3.05, 3.63) is 63.9 Å². The monoisotopic (exact) mass is 338 g/mol. The number of hydrogen-bond acceptors (Lipinski definition) is 3. The van der Waals surface area contributed by atoms with Crippen molar-refractivity contribution in [1.29, 1.82) is 0 Å². The zero-order valence-electron chi connectivity index (χ0n) is 11.3. The molecule has 7 heteroatoms. The van der Waals surface area contributed by atoms with Crippen LogP contribution in [-0.4, -0.2) is 28.0 Å². The average molecular weight is 339 g/mol. The number of pyridine rings is 1. The van der Waals surface area contributed by atoms with Gasteiger partial charge in [0.1, 0.15) is 6.04 Å². The molecule has 1 aromatic heterocycles. The highest BCUT2D eigenvalue weighted by molar-refractivity contribution is 6.35. The SMILES string of the molecule is O=C(N[C@@H](Cc1ccc(Cl)cc1Cl)C(=O)O)c1ccncc1. The Morgan fingerprint density at radius 3 is 2.45 bits per heavy atom. The van der Waals surface area contributed by atoms with Crippen molar-refractivity contribution in [3.63, 3.8) is 0 Å². The van der Waals surface area contributed by atoms with E-state index in [4.69, 9.17) is 23.2 Å². The van der Waals surface area contributed by atoms with Gasteiger partial charge in [0.2, 0.25) is 0 Å². The van der Waals surface area contributed by atoms with Gasteiger partial charge in [-0.15, -0.1) is 0 Å². The van der Waals surface area contributed by atoms with Gasteiger partial charge in [0, 0.05) is 34.4 Å². The van der Waals surface area contributed by atoms with Crippen LogP contribution in [0.4, 0.5) is 0 Å². The molecule has 1 aromatic carbocycles.